The summed E-state index contributed by atoms with van der Waals surface area (Å²) < 4.78 is 47.5. The second-order valence-corrected chi connectivity index (χ2v) is 9.36. The maximum absolute atomic E-state index is 13.5. The van der Waals surface area contributed by atoms with Crippen LogP contribution in [0.1, 0.15) is 44.7 Å². The van der Waals surface area contributed by atoms with E-state index in [1.165, 1.54) is 0 Å². The van der Waals surface area contributed by atoms with Crippen LogP contribution in [0, 0.1) is 0 Å². The first-order chi connectivity index (χ1) is 17.2. The fourth-order valence-electron chi connectivity index (χ4n) is 4.45. The van der Waals surface area contributed by atoms with Gasteiger partial charge < -0.3 is 25.2 Å². The van der Waals surface area contributed by atoms with Crippen LogP contribution in [0.25, 0.3) is 0 Å². The fraction of sp³-hybridized carbons (Fsp3) is 0.652. The van der Waals surface area contributed by atoms with Crippen molar-refractivity contribution in [1.82, 2.24) is 29.5 Å². The topological polar surface area (TPSA) is 100 Å². The highest BCUT2D eigenvalue weighted by molar-refractivity contribution is 5.77. The minimum atomic E-state index is -4.60. The zero-order chi connectivity index (χ0) is 25.7. The molecule has 36 heavy (non-hydrogen) atoms. The molecular weight excluding hydrogens is 477 g/mol. The molecular formula is C23H33F3N8O2. The highest BCUT2D eigenvalue weighted by atomic mass is 19.4. The van der Waals surface area contributed by atoms with E-state index in [0.717, 1.165) is 32.1 Å². The highest BCUT2D eigenvalue weighted by Crippen LogP contribution is 2.34. The van der Waals surface area contributed by atoms with E-state index in [1.807, 2.05) is 10.9 Å². The number of morpholine rings is 1. The van der Waals surface area contributed by atoms with Crippen LogP contribution < -0.4 is 10.6 Å². The Balaban J connectivity index is 1.37. The van der Waals surface area contributed by atoms with Crippen LogP contribution in [0.3, 0.4) is 0 Å². The molecule has 2 aromatic heterocycles. The largest absolute Gasteiger partial charge is 0.421 e. The van der Waals surface area contributed by atoms with Gasteiger partial charge in [-0.25, -0.2) is 4.98 Å². The summed E-state index contributed by atoms with van der Waals surface area (Å²) in [7, 11) is 0. The summed E-state index contributed by atoms with van der Waals surface area (Å²) in [6, 6.07) is 0.793. The first kappa shape index (κ1) is 26.1. The predicted molar refractivity (Wildman–Crippen MR) is 128 cm³/mol. The highest BCUT2D eigenvalue weighted by Gasteiger charge is 2.35. The maximum Gasteiger partial charge on any atom is 0.421 e. The number of hydrogen-bond acceptors (Lipinski definition) is 8. The number of halogens is 3. The van der Waals surface area contributed by atoms with Crippen LogP contribution in [0.2, 0.25) is 0 Å². The number of likely N-dealkylation sites (tertiary alicyclic amines) is 1. The number of nitrogens with one attached hydrogen (secondary N) is 2. The van der Waals surface area contributed by atoms with Crippen molar-refractivity contribution in [2.24, 2.45) is 0 Å². The lowest BCUT2D eigenvalue weighted by Crippen LogP contribution is -2.42. The number of alkyl halides is 3. The third kappa shape index (κ3) is 6.64. The van der Waals surface area contributed by atoms with Gasteiger partial charge in [0.15, 0.2) is 0 Å². The molecule has 13 heteroatoms. The van der Waals surface area contributed by atoms with E-state index >= 15 is 0 Å². The second kappa shape index (κ2) is 11.4. The molecule has 4 heterocycles. The molecule has 2 aliphatic rings. The lowest BCUT2D eigenvalue weighted by atomic mass is 10.0. The fourth-order valence-corrected chi connectivity index (χ4v) is 4.45. The summed E-state index contributed by atoms with van der Waals surface area (Å²) in [5.41, 5.74) is -0.332. The number of carbonyl (C=O) groups is 1. The number of piperidine rings is 1. The molecule has 0 bridgehead atoms. The molecule has 0 radical (unpaired) electrons. The number of aromatic nitrogens is 4. The van der Waals surface area contributed by atoms with Crippen LogP contribution in [0.5, 0.6) is 0 Å². The molecule has 0 unspecified atom stereocenters. The molecule has 0 spiro atoms. The number of hydrogen-bond donors (Lipinski definition) is 2. The van der Waals surface area contributed by atoms with Crippen molar-refractivity contribution in [3.8, 4) is 0 Å². The zero-order valence-electron chi connectivity index (χ0n) is 20.6. The minimum Gasteiger partial charge on any atom is -0.370 e. The second-order valence-electron chi connectivity index (χ2n) is 9.36. The Morgan fingerprint density at radius 2 is 1.97 bits per heavy atom. The number of nitrogens with zero attached hydrogens (tertiary/aromatic N) is 6. The van der Waals surface area contributed by atoms with E-state index in [0.29, 0.717) is 37.8 Å². The first-order valence-electron chi connectivity index (χ1n) is 12.3. The van der Waals surface area contributed by atoms with Gasteiger partial charge in [-0.3, -0.25) is 9.48 Å². The number of carbonyl (C=O) groups excluding carboxylic acids is 1. The SMILES string of the molecule is CC(C)N1CCC(n2cc(Nc3ncc(C(F)(F)F)c(NCCCN4CCOCC4=O)n3)cn2)CC1. The summed E-state index contributed by atoms with van der Waals surface area (Å²) in [6.45, 7) is 8.02. The number of amides is 1. The number of anilines is 3. The Kier molecular flexibility index (Phi) is 8.29. The van der Waals surface area contributed by atoms with Gasteiger partial charge in [0.25, 0.3) is 0 Å². The van der Waals surface area contributed by atoms with E-state index in [9.17, 15) is 18.0 Å². The van der Waals surface area contributed by atoms with Crippen molar-refractivity contribution in [3.63, 3.8) is 0 Å². The van der Waals surface area contributed by atoms with Crippen LogP contribution in [0.15, 0.2) is 18.6 Å². The molecule has 4 rings (SSSR count). The zero-order valence-corrected chi connectivity index (χ0v) is 20.6. The Morgan fingerprint density at radius 1 is 1.19 bits per heavy atom. The lowest BCUT2D eigenvalue weighted by Gasteiger charge is -2.34. The molecule has 0 saturated carbocycles. The molecule has 1 amide bonds. The summed E-state index contributed by atoms with van der Waals surface area (Å²) in [5, 5.41) is 10.2. The summed E-state index contributed by atoms with van der Waals surface area (Å²) >= 11 is 0. The van der Waals surface area contributed by atoms with Gasteiger partial charge in [0.2, 0.25) is 11.9 Å². The third-order valence-electron chi connectivity index (χ3n) is 6.54. The van der Waals surface area contributed by atoms with Crippen molar-refractivity contribution >= 4 is 23.4 Å². The molecule has 198 valence electrons. The van der Waals surface area contributed by atoms with Gasteiger partial charge >= 0.3 is 6.18 Å². The van der Waals surface area contributed by atoms with E-state index in [-0.39, 0.29) is 36.9 Å². The van der Waals surface area contributed by atoms with Gasteiger partial charge in [0.05, 0.1) is 24.5 Å². The molecule has 0 atom stereocenters. The lowest BCUT2D eigenvalue weighted by molar-refractivity contribution is -0.142. The van der Waals surface area contributed by atoms with Crippen LogP contribution in [-0.4, -0.2) is 87.4 Å². The monoisotopic (exact) mass is 510 g/mol. The van der Waals surface area contributed by atoms with Crippen molar-refractivity contribution in [2.75, 3.05) is 56.6 Å². The Hall–Kier alpha value is -2.93. The first-order valence-corrected chi connectivity index (χ1v) is 12.3. The van der Waals surface area contributed by atoms with Gasteiger partial charge in [-0.15, -0.1) is 0 Å². The van der Waals surface area contributed by atoms with Gasteiger partial charge in [0, 0.05) is 51.2 Å². The predicted octanol–water partition coefficient (Wildman–Crippen LogP) is 3.14. The molecule has 0 aliphatic carbocycles. The summed E-state index contributed by atoms with van der Waals surface area (Å²) in [5.74, 6) is -0.374. The summed E-state index contributed by atoms with van der Waals surface area (Å²) in [4.78, 5) is 23.8. The van der Waals surface area contributed by atoms with Crippen LogP contribution in [-0.2, 0) is 15.7 Å². The van der Waals surface area contributed by atoms with Crippen molar-refractivity contribution in [2.45, 2.75) is 51.4 Å². The molecule has 2 aliphatic heterocycles. The van der Waals surface area contributed by atoms with Crippen molar-refractivity contribution in [1.29, 1.82) is 0 Å². The molecule has 2 saturated heterocycles. The molecule has 0 aromatic carbocycles. The Labute approximate surface area is 208 Å². The quantitative estimate of drug-likeness (QED) is 0.497. The summed E-state index contributed by atoms with van der Waals surface area (Å²) in [6.07, 6.45) is 2.08. The Morgan fingerprint density at radius 3 is 2.67 bits per heavy atom. The van der Waals surface area contributed by atoms with Crippen LogP contribution >= 0.6 is 0 Å². The Bertz CT molecular complexity index is 1020. The third-order valence-corrected chi connectivity index (χ3v) is 6.54. The van der Waals surface area contributed by atoms with Crippen molar-refractivity contribution < 1.29 is 22.7 Å². The smallest absolute Gasteiger partial charge is 0.370 e. The van der Waals surface area contributed by atoms with Crippen molar-refractivity contribution in [3.05, 3.63) is 24.2 Å². The van der Waals surface area contributed by atoms with Crippen LogP contribution in [0.4, 0.5) is 30.6 Å². The van der Waals surface area contributed by atoms with Gasteiger partial charge in [-0.2, -0.15) is 23.3 Å². The average Bonchev–Trinajstić information content (AvgIpc) is 3.31. The number of rotatable bonds is 9. The van der Waals surface area contributed by atoms with E-state index in [4.69, 9.17) is 4.74 Å². The van der Waals surface area contributed by atoms with E-state index < -0.39 is 11.7 Å². The van der Waals surface area contributed by atoms with Gasteiger partial charge in [-0.1, -0.05) is 0 Å². The van der Waals surface area contributed by atoms with Gasteiger partial charge in [0.1, 0.15) is 18.0 Å². The molecule has 2 fully saturated rings. The average molecular weight is 511 g/mol. The van der Waals surface area contributed by atoms with Gasteiger partial charge in [-0.05, 0) is 33.1 Å². The maximum atomic E-state index is 13.5. The minimum absolute atomic E-state index is 0.0420. The molecule has 2 N–H and O–H groups in total. The molecule has 10 nitrogen and oxygen atoms in total. The normalized spacial score (nSPS) is 18.2. The van der Waals surface area contributed by atoms with E-state index in [1.54, 1.807) is 11.1 Å². The molecule has 2 aromatic rings. The van der Waals surface area contributed by atoms with E-state index in [2.05, 4.69) is 44.4 Å². The standard InChI is InChI=1S/C23H33F3N8O2/c1-16(2)32-8-4-18(5-9-32)34-14-17(12-29-34)30-22-28-13-19(23(24,25)26)21(31-22)27-6-3-7-33-10-11-36-15-20(33)35/h12-14,16,18H,3-11,15H2,1-2H3,(H2,27,28,30,31). The number of ether oxygens (including phenoxy) is 1.